The molecule has 1 atom stereocenters. The molecule has 0 aromatic heterocycles. The molecule has 4 nitrogen and oxygen atoms in total. The van der Waals surface area contributed by atoms with E-state index >= 15 is 0 Å². The van der Waals surface area contributed by atoms with Crippen molar-refractivity contribution in [2.45, 2.75) is 12.6 Å². The number of alkyl halides is 2. The molecular formula is C15H13F3N4+2. The maximum Gasteiger partial charge on any atom is 0.392 e. The molecule has 0 N–H and O–H groups in total. The molecule has 0 saturated carbocycles. The van der Waals surface area contributed by atoms with Crippen LogP contribution in [0.3, 0.4) is 0 Å². The van der Waals surface area contributed by atoms with E-state index in [4.69, 9.17) is 0 Å². The van der Waals surface area contributed by atoms with Gasteiger partial charge in [-0.2, -0.15) is 0 Å². The van der Waals surface area contributed by atoms with Gasteiger partial charge in [0.25, 0.3) is 6.43 Å². The number of halogens is 3. The first-order chi connectivity index (χ1) is 10.6. The standard InChI is InChI=1S/C15H13F3N4/c16-12-6-8-13(9-7-12)22-15(11-4-2-1-3-5-11)21(19-20-22)10-14(17)18/h1-9,14-15H,10H2/q+2. The third-order valence-corrected chi connectivity index (χ3v) is 3.28. The first-order valence-corrected chi connectivity index (χ1v) is 6.71. The molecule has 1 aliphatic heterocycles. The summed E-state index contributed by atoms with van der Waals surface area (Å²) in [6, 6.07) is 14.8. The van der Waals surface area contributed by atoms with Gasteiger partial charge >= 0.3 is 16.6 Å². The van der Waals surface area contributed by atoms with Crippen LogP contribution in [0.25, 0.3) is 0 Å². The van der Waals surface area contributed by atoms with Crippen molar-refractivity contribution in [2.24, 2.45) is 10.4 Å². The fourth-order valence-electron chi connectivity index (χ4n) is 2.32. The molecule has 0 spiro atoms. The number of rotatable bonds is 4. The first kappa shape index (κ1) is 14.4. The molecule has 22 heavy (non-hydrogen) atoms. The maximum atomic E-state index is 13.1. The molecule has 0 aliphatic carbocycles. The van der Waals surface area contributed by atoms with Crippen LogP contribution in [0, 0.1) is 5.82 Å². The highest BCUT2D eigenvalue weighted by atomic mass is 19.3. The molecule has 0 saturated heterocycles. The molecule has 1 unspecified atom stereocenters. The van der Waals surface area contributed by atoms with Crippen molar-refractivity contribution in [3.8, 4) is 0 Å². The summed E-state index contributed by atoms with van der Waals surface area (Å²) in [6.07, 6.45) is -3.11. The van der Waals surface area contributed by atoms with E-state index < -0.39 is 19.1 Å². The Morgan fingerprint density at radius 2 is 1.64 bits per heavy atom. The van der Waals surface area contributed by atoms with Crippen LogP contribution < -0.4 is 0 Å². The summed E-state index contributed by atoms with van der Waals surface area (Å²) in [5.41, 5.74) is 1.35. The lowest BCUT2D eigenvalue weighted by Crippen LogP contribution is -2.25. The molecule has 0 bridgehead atoms. The molecule has 2 aromatic carbocycles. The van der Waals surface area contributed by atoms with Crippen molar-refractivity contribution in [3.63, 3.8) is 0 Å². The fraction of sp³-hybridized carbons (Fsp3) is 0.200. The van der Waals surface area contributed by atoms with Gasteiger partial charge in [-0.15, -0.1) is 0 Å². The minimum Gasteiger partial charge on any atom is -0.207 e. The van der Waals surface area contributed by atoms with Crippen molar-refractivity contribution >= 4 is 5.69 Å². The van der Waals surface area contributed by atoms with E-state index in [-0.39, 0.29) is 5.82 Å². The van der Waals surface area contributed by atoms with Crippen molar-refractivity contribution < 1.29 is 22.6 Å². The highest BCUT2D eigenvalue weighted by Crippen LogP contribution is 2.30. The monoisotopic (exact) mass is 306 g/mol. The van der Waals surface area contributed by atoms with Crippen LogP contribution in [0.1, 0.15) is 11.7 Å². The smallest absolute Gasteiger partial charge is 0.207 e. The summed E-state index contributed by atoms with van der Waals surface area (Å²) in [5.74, 6) is -0.374. The van der Waals surface area contributed by atoms with E-state index in [0.717, 1.165) is 5.56 Å². The lowest BCUT2D eigenvalue weighted by molar-refractivity contribution is -0.777. The van der Waals surface area contributed by atoms with Gasteiger partial charge in [-0.3, -0.25) is 0 Å². The first-order valence-electron chi connectivity index (χ1n) is 6.71. The summed E-state index contributed by atoms with van der Waals surface area (Å²) in [6.45, 7) is -0.527. The van der Waals surface area contributed by atoms with Gasteiger partial charge in [0, 0.05) is 10.3 Å². The maximum absolute atomic E-state index is 13.1. The zero-order valence-electron chi connectivity index (χ0n) is 11.5. The molecule has 0 fully saturated rings. The highest BCUT2D eigenvalue weighted by Gasteiger charge is 2.44. The Bertz CT molecular complexity index is 711. The van der Waals surface area contributed by atoms with Crippen molar-refractivity contribution in [3.05, 3.63) is 66.0 Å². The van der Waals surface area contributed by atoms with E-state index in [0.29, 0.717) is 5.69 Å². The molecule has 1 aliphatic rings. The predicted molar refractivity (Wildman–Crippen MR) is 71.5 cm³/mol. The summed E-state index contributed by atoms with van der Waals surface area (Å²) in [5, 5.41) is 7.78. The second-order valence-corrected chi connectivity index (χ2v) is 4.80. The van der Waals surface area contributed by atoms with Crippen LogP contribution in [0.15, 0.2) is 65.0 Å². The molecule has 0 radical (unpaired) electrons. The Morgan fingerprint density at radius 1 is 0.955 bits per heavy atom. The van der Waals surface area contributed by atoms with Gasteiger partial charge < -0.3 is 0 Å². The zero-order valence-corrected chi connectivity index (χ0v) is 11.5. The van der Waals surface area contributed by atoms with Crippen LogP contribution in [0.2, 0.25) is 0 Å². The van der Waals surface area contributed by atoms with Gasteiger partial charge in [0.05, 0.1) is 0 Å². The van der Waals surface area contributed by atoms with Crippen molar-refractivity contribution in [1.82, 2.24) is 0 Å². The summed E-state index contributed by atoms with van der Waals surface area (Å²) >= 11 is 0. The quantitative estimate of drug-likeness (QED) is 0.755. The van der Waals surface area contributed by atoms with Crippen molar-refractivity contribution in [1.29, 1.82) is 0 Å². The number of nitrogens with zero attached hydrogens (tertiary/aromatic N) is 4. The Balaban J connectivity index is 1.98. The minimum atomic E-state index is -2.53. The van der Waals surface area contributed by atoms with E-state index in [1.807, 2.05) is 30.3 Å². The minimum absolute atomic E-state index is 0.374. The summed E-state index contributed by atoms with van der Waals surface area (Å²) in [4.78, 5) is 0. The second-order valence-electron chi connectivity index (χ2n) is 4.80. The lowest BCUT2D eigenvalue weighted by Gasteiger charge is -2.07. The summed E-state index contributed by atoms with van der Waals surface area (Å²) in [7, 11) is 0. The van der Waals surface area contributed by atoms with Gasteiger partial charge in [-0.25, -0.2) is 13.2 Å². The van der Waals surface area contributed by atoms with E-state index in [2.05, 4.69) is 10.4 Å². The second kappa shape index (κ2) is 6.05. The number of hydrogen-bond acceptors (Lipinski definition) is 2. The van der Waals surface area contributed by atoms with Crippen LogP contribution in [0.4, 0.5) is 18.9 Å². The van der Waals surface area contributed by atoms with Gasteiger partial charge in [0.2, 0.25) is 0 Å². The molecular weight excluding hydrogens is 293 g/mol. The highest BCUT2D eigenvalue weighted by molar-refractivity contribution is 5.29. The third kappa shape index (κ3) is 2.88. The van der Waals surface area contributed by atoms with E-state index in [9.17, 15) is 13.2 Å². The molecule has 2 aromatic rings. The van der Waals surface area contributed by atoms with Crippen LogP contribution in [-0.2, 0) is 0 Å². The molecule has 0 amide bonds. The van der Waals surface area contributed by atoms with E-state index in [1.165, 1.54) is 33.7 Å². The number of hydrogen-bond donors (Lipinski definition) is 0. The van der Waals surface area contributed by atoms with Gasteiger partial charge in [-0.05, 0) is 29.0 Å². The van der Waals surface area contributed by atoms with Gasteiger partial charge in [-0.1, -0.05) is 30.3 Å². The van der Waals surface area contributed by atoms with E-state index in [1.54, 1.807) is 0 Å². The van der Waals surface area contributed by atoms with Crippen LogP contribution >= 0.6 is 0 Å². The van der Waals surface area contributed by atoms with Crippen LogP contribution in [-0.4, -0.2) is 22.4 Å². The van der Waals surface area contributed by atoms with Crippen molar-refractivity contribution in [2.75, 3.05) is 6.54 Å². The Hall–Kier alpha value is -2.57. The largest absolute Gasteiger partial charge is 0.392 e. The summed E-state index contributed by atoms with van der Waals surface area (Å²) < 4.78 is 41.3. The SMILES string of the molecule is Fc1ccc([N+]2=NN=[N+](CC(F)F)C2c2ccccc2)cc1. The Morgan fingerprint density at radius 3 is 2.27 bits per heavy atom. The van der Waals surface area contributed by atoms with Gasteiger partial charge in [0.1, 0.15) is 5.82 Å². The molecule has 3 rings (SSSR count). The number of benzene rings is 2. The predicted octanol–water partition coefficient (Wildman–Crippen LogP) is 4.28. The lowest BCUT2D eigenvalue weighted by atomic mass is 10.1. The van der Waals surface area contributed by atoms with Gasteiger partial charge in [0.15, 0.2) is 12.2 Å². The Labute approximate surface area is 124 Å². The third-order valence-electron chi connectivity index (χ3n) is 3.28. The molecule has 112 valence electrons. The van der Waals surface area contributed by atoms with Crippen LogP contribution in [0.5, 0.6) is 0 Å². The molecule has 1 heterocycles. The zero-order chi connectivity index (χ0) is 15.5. The average Bonchev–Trinajstić information content (AvgIpc) is 2.91. The normalized spacial score (nSPS) is 17.5. The average molecular weight is 306 g/mol. The fourth-order valence-corrected chi connectivity index (χ4v) is 2.32. The molecule has 7 heteroatoms. The Kier molecular flexibility index (Phi) is 3.95. The topological polar surface area (TPSA) is 30.7 Å².